The summed E-state index contributed by atoms with van der Waals surface area (Å²) in [6, 6.07) is 5.59. The number of benzene rings is 1. The largest absolute Gasteiger partial charge is 0.469 e. The van der Waals surface area contributed by atoms with Crippen molar-refractivity contribution < 1.29 is 14.3 Å². The molecule has 0 aromatic heterocycles. The predicted molar refractivity (Wildman–Crippen MR) is 77.1 cm³/mol. The van der Waals surface area contributed by atoms with Gasteiger partial charge >= 0.3 is 5.97 Å². The number of rotatable bonds is 5. The summed E-state index contributed by atoms with van der Waals surface area (Å²) in [7, 11) is 3.09. The van der Waals surface area contributed by atoms with E-state index in [1.807, 2.05) is 19.1 Å². The van der Waals surface area contributed by atoms with Crippen LogP contribution in [0.15, 0.2) is 22.7 Å². The summed E-state index contributed by atoms with van der Waals surface area (Å²) in [6.45, 7) is 2.46. The molecule has 0 N–H and O–H groups in total. The maximum atomic E-state index is 12.2. The third kappa shape index (κ3) is 4.35. The standard InChI is InChI=1S/C14H18BrNO3/c1-10-6-4-7-11(13(10)15)14(18)16(2)9-5-8-12(17)19-3/h4,6-7H,5,8-9H2,1-3H3. The van der Waals surface area contributed by atoms with Gasteiger partial charge in [0.1, 0.15) is 0 Å². The lowest BCUT2D eigenvalue weighted by atomic mass is 10.1. The summed E-state index contributed by atoms with van der Waals surface area (Å²) < 4.78 is 5.38. The summed E-state index contributed by atoms with van der Waals surface area (Å²) >= 11 is 3.43. The van der Waals surface area contributed by atoms with E-state index in [-0.39, 0.29) is 11.9 Å². The Morgan fingerprint density at radius 1 is 1.37 bits per heavy atom. The highest BCUT2D eigenvalue weighted by Crippen LogP contribution is 2.22. The molecule has 0 spiro atoms. The zero-order chi connectivity index (χ0) is 14.4. The maximum absolute atomic E-state index is 12.2. The molecule has 1 aromatic rings. The number of halogens is 1. The Bertz CT molecular complexity index is 474. The second-order valence-corrected chi connectivity index (χ2v) is 5.14. The van der Waals surface area contributed by atoms with Gasteiger partial charge in [0.2, 0.25) is 0 Å². The van der Waals surface area contributed by atoms with Gasteiger partial charge in [-0.1, -0.05) is 12.1 Å². The van der Waals surface area contributed by atoms with Gasteiger partial charge in [0.15, 0.2) is 0 Å². The van der Waals surface area contributed by atoms with E-state index in [4.69, 9.17) is 0 Å². The minimum Gasteiger partial charge on any atom is -0.469 e. The first-order valence-corrected chi connectivity index (χ1v) is 6.84. The van der Waals surface area contributed by atoms with Crippen LogP contribution >= 0.6 is 15.9 Å². The van der Waals surface area contributed by atoms with Gasteiger partial charge in [-0.05, 0) is 40.9 Å². The number of carbonyl (C=O) groups excluding carboxylic acids is 2. The summed E-state index contributed by atoms with van der Waals surface area (Å²) in [5.41, 5.74) is 1.66. The molecule has 0 radical (unpaired) electrons. The fraction of sp³-hybridized carbons (Fsp3) is 0.429. The quantitative estimate of drug-likeness (QED) is 0.781. The smallest absolute Gasteiger partial charge is 0.305 e. The van der Waals surface area contributed by atoms with Gasteiger partial charge < -0.3 is 9.64 Å². The average Bonchev–Trinajstić information content (AvgIpc) is 2.40. The van der Waals surface area contributed by atoms with Gasteiger partial charge in [-0.25, -0.2) is 0 Å². The molecule has 1 rings (SSSR count). The molecule has 19 heavy (non-hydrogen) atoms. The topological polar surface area (TPSA) is 46.6 Å². The average molecular weight is 328 g/mol. The number of carbonyl (C=O) groups is 2. The van der Waals surface area contributed by atoms with Crippen molar-refractivity contribution in [1.29, 1.82) is 0 Å². The molecule has 0 aliphatic carbocycles. The maximum Gasteiger partial charge on any atom is 0.305 e. The van der Waals surface area contributed by atoms with Crippen molar-refractivity contribution in [3.8, 4) is 0 Å². The minimum atomic E-state index is -0.252. The van der Waals surface area contributed by atoms with E-state index in [2.05, 4.69) is 20.7 Å². The highest BCUT2D eigenvalue weighted by atomic mass is 79.9. The predicted octanol–water partition coefficient (Wildman–Crippen LogP) is 2.78. The monoisotopic (exact) mass is 327 g/mol. The van der Waals surface area contributed by atoms with E-state index in [9.17, 15) is 9.59 Å². The van der Waals surface area contributed by atoms with Crippen LogP contribution in [0.2, 0.25) is 0 Å². The number of aryl methyl sites for hydroxylation is 1. The SMILES string of the molecule is COC(=O)CCCN(C)C(=O)c1cccc(C)c1Br. The molecule has 0 bridgehead atoms. The Kier molecular flexibility index (Phi) is 6.02. The highest BCUT2D eigenvalue weighted by Gasteiger charge is 2.15. The first-order valence-electron chi connectivity index (χ1n) is 6.04. The molecule has 5 heteroatoms. The molecule has 0 fully saturated rings. The van der Waals surface area contributed by atoms with Crippen LogP contribution in [0.4, 0.5) is 0 Å². The fourth-order valence-corrected chi connectivity index (χ4v) is 2.12. The summed E-state index contributed by atoms with van der Waals surface area (Å²) in [5.74, 6) is -0.307. The van der Waals surface area contributed by atoms with Gasteiger partial charge in [0, 0.05) is 24.5 Å². The van der Waals surface area contributed by atoms with E-state index in [1.165, 1.54) is 7.11 Å². The number of ether oxygens (including phenoxy) is 1. The lowest BCUT2D eigenvalue weighted by Gasteiger charge is -2.18. The zero-order valence-corrected chi connectivity index (χ0v) is 13.0. The molecule has 0 saturated carbocycles. The van der Waals surface area contributed by atoms with Crippen molar-refractivity contribution in [2.45, 2.75) is 19.8 Å². The number of esters is 1. The molecule has 0 aliphatic rings. The molecule has 0 atom stereocenters. The minimum absolute atomic E-state index is 0.0551. The molecule has 1 aromatic carbocycles. The summed E-state index contributed by atoms with van der Waals surface area (Å²) in [4.78, 5) is 24.9. The third-order valence-corrected chi connectivity index (χ3v) is 3.92. The number of hydrogen-bond acceptors (Lipinski definition) is 3. The van der Waals surface area contributed by atoms with Crippen LogP contribution in [0.1, 0.15) is 28.8 Å². The highest BCUT2D eigenvalue weighted by molar-refractivity contribution is 9.10. The normalized spacial score (nSPS) is 10.1. The Morgan fingerprint density at radius 3 is 2.68 bits per heavy atom. The summed E-state index contributed by atoms with van der Waals surface area (Å²) in [5, 5.41) is 0. The molecule has 0 heterocycles. The van der Waals surface area contributed by atoms with Gasteiger partial charge in [-0.2, -0.15) is 0 Å². The Morgan fingerprint density at radius 2 is 2.05 bits per heavy atom. The van der Waals surface area contributed by atoms with Crippen LogP contribution in [-0.2, 0) is 9.53 Å². The van der Waals surface area contributed by atoms with E-state index in [0.29, 0.717) is 24.9 Å². The van der Waals surface area contributed by atoms with Gasteiger partial charge in [-0.3, -0.25) is 9.59 Å². The van der Waals surface area contributed by atoms with Crippen LogP contribution < -0.4 is 0 Å². The van der Waals surface area contributed by atoms with E-state index in [1.54, 1.807) is 18.0 Å². The van der Waals surface area contributed by atoms with Crippen molar-refractivity contribution >= 4 is 27.8 Å². The summed E-state index contributed by atoms with van der Waals surface area (Å²) in [6.07, 6.45) is 0.918. The molecule has 4 nitrogen and oxygen atoms in total. The zero-order valence-electron chi connectivity index (χ0n) is 11.4. The van der Waals surface area contributed by atoms with Crippen molar-refractivity contribution in [3.05, 3.63) is 33.8 Å². The number of methoxy groups -OCH3 is 1. The van der Waals surface area contributed by atoms with Gasteiger partial charge in [0.25, 0.3) is 5.91 Å². The Balaban J connectivity index is 2.62. The van der Waals surface area contributed by atoms with E-state index in [0.717, 1.165) is 10.0 Å². The van der Waals surface area contributed by atoms with E-state index >= 15 is 0 Å². The fourth-order valence-electron chi connectivity index (χ4n) is 1.68. The van der Waals surface area contributed by atoms with Gasteiger partial charge in [0.05, 0.1) is 12.7 Å². The molecule has 0 unspecified atom stereocenters. The van der Waals surface area contributed by atoms with Crippen molar-refractivity contribution in [2.75, 3.05) is 20.7 Å². The molecular weight excluding hydrogens is 310 g/mol. The molecule has 104 valence electrons. The van der Waals surface area contributed by atoms with Crippen LogP contribution in [0.5, 0.6) is 0 Å². The molecule has 1 amide bonds. The van der Waals surface area contributed by atoms with Crippen LogP contribution in [-0.4, -0.2) is 37.5 Å². The first kappa shape index (κ1) is 15.7. The number of amides is 1. The number of nitrogens with zero attached hydrogens (tertiary/aromatic N) is 1. The third-order valence-electron chi connectivity index (χ3n) is 2.87. The van der Waals surface area contributed by atoms with Crippen LogP contribution in [0.25, 0.3) is 0 Å². The van der Waals surface area contributed by atoms with Crippen LogP contribution in [0.3, 0.4) is 0 Å². The lowest BCUT2D eigenvalue weighted by molar-refractivity contribution is -0.140. The van der Waals surface area contributed by atoms with Gasteiger partial charge in [-0.15, -0.1) is 0 Å². The van der Waals surface area contributed by atoms with Crippen LogP contribution in [0, 0.1) is 6.92 Å². The Labute approximate surface area is 121 Å². The van der Waals surface area contributed by atoms with E-state index < -0.39 is 0 Å². The molecule has 0 aliphatic heterocycles. The second-order valence-electron chi connectivity index (χ2n) is 4.34. The second kappa shape index (κ2) is 7.28. The first-order chi connectivity index (χ1) is 8.97. The van der Waals surface area contributed by atoms with Crippen molar-refractivity contribution in [2.24, 2.45) is 0 Å². The van der Waals surface area contributed by atoms with Crippen molar-refractivity contribution in [1.82, 2.24) is 4.90 Å². The lowest BCUT2D eigenvalue weighted by Crippen LogP contribution is -2.28. The molecular formula is C14H18BrNO3. The molecule has 0 saturated heterocycles. The van der Waals surface area contributed by atoms with Crippen molar-refractivity contribution in [3.63, 3.8) is 0 Å². The number of hydrogen-bond donors (Lipinski definition) is 0. The Hall–Kier alpha value is -1.36.